The fourth-order valence-corrected chi connectivity index (χ4v) is 6.07. The number of pyridine rings is 1. The van der Waals surface area contributed by atoms with Crippen molar-refractivity contribution >= 4 is 48.9 Å². The molecule has 5 aromatic heterocycles. The Morgan fingerprint density at radius 1 is 0.463 bits per heavy atom. The molecule has 5 heterocycles. The molecule has 0 aliphatic carbocycles. The molecule has 9 aromatic rings. The number of nitrogens with zero attached hydrogens (tertiary/aromatic N) is 7. The molecule has 9 rings (SSSR count). The van der Waals surface area contributed by atoms with Gasteiger partial charge in [-0.2, -0.15) is 0 Å². The summed E-state index contributed by atoms with van der Waals surface area (Å²) in [6.07, 6.45) is 6.84. The highest BCUT2D eigenvalue weighted by molar-refractivity contribution is 6.26. The summed E-state index contributed by atoms with van der Waals surface area (Å²) in [6, 6.07) is 31.5. The summed E-state index contributed by atoms with van der Waals surface area (Å²) in [4.78, 5) is 27.6. The van der Waals surface area contributed by atoms with Gasteiger partial charge in [0.25, 0.3) is 0 Å². The molecule has 0 radical (unpaired) electrons. The smallest absolute Gasteiger partial charge is 0.178 e. The van der Waals surface area contributed by atoms with Crippen LogP contribution in [-0.2, 0) is 0 Å². The minimum Gasteiger partial charge on any atom is -0.308 e. The van der Waals surface area contributed by atoms with Crippen LogP contribution in [0.5, 0.6) is 0 Å². The minimum atomic E-state index is 0.519. The summed E-state index contributed by atoms with van der Waals surface area (Å²) < 4.78 is 2.39. The van der Waals surface area contributed by atoms with Gasteiger partial charge in [0.05, 0.1) is 16.6 Å². The predicted molar refractivity (Wildman–Crippen MR) is 162 cm³/mol. The standard InChI is InChI=1S/C34H19N7/c1-6-20-7-2-11-28-30(20)23(8-1)25-10-3-9-24-22-13-12-21(18-29(22)41(28)31(24)25)32-39-26(33-35-14-4-15-36-33)19-27(40-32)34-37-16-5-17-38-34/h1-19H. The van der Waals surface area contributed by atoms with Gasteiger partial charge in [-0.25, -0.2) is 29.9 Å². The SMILES string of the molecule is c1cnc(-c2cc(-c3ncccn3)nc(-c3ccc4c5cccc6c7cccc8cccc(c87)n(c4c3)c65)n2)nc1. The van der Waals surface area contributed by atoms with Crippen LogP contribution in [0.3, 0.4) is 0 Å². The molecule has 7 nitrogen and oxygen atoms in total. The van der Waals surface area contributed by atoms with Gasteiger partial charge in [0.15, 0.2) is 17.5 Å². The number of aromatic nitrogens is 7. The highest BCUT2D eigenvalue weighted by Crippen LogP contribution is 2.41. The van der Waals surface area contributed by atoms with Crippen molar-refractivity contribution in [1.82, 2.24) is 34.3 Å². The second-order valence-electron chi connectivity index (χ2n) is 10.1. The number of hydrogen-bond acceptors (Lipinski definition) is 6. The van der Waals surface area contributed by atoms with E-state index in [4.69, 9.17) is 9.97 Å². The van der Waals surface area contributed by atoms with Gasteiger partial charge < -0.3 is 4.40 Å². The van der Waals surface area contributed by atoms with Crippen LogP contribution < -0.4 is 0 Å². The fourth-order valence-electron chi connectivity index (χ4n) is 6.07. The van der Waals surface area contributed by atoms with Gasteiger partial charge in [-0.15, -0.1) is 0 Å². The second kappa shape index (κ2) is 8.34. The van der Waals surface area contributed by atoms with Crippen LogP contribution in [0, 0.1) is 0 Å². The first-order chi connectivity index (χ1) is 20.3. The van der Waals surface area contributed by atoms with E-state index in [-0.39, 0.29) is 0 Å². The van der Waals surface area contributed by atoms with E-state index in [1.165, 1.54) is 43.4 Å². The molecule has 0 atom stereocenters. The van der Waals surface area contributed by atoms with Gasteiger partial charge in [0.2, 0.25) is 0 Å². The topological polar surface area (TPSA) is 81.8 Å². The van der Waals surface area contributed by atoms with Gasteiger partial charge in [-0.1, -0.05) is 60.7 Å². The molecule has 0 saturated carbocycles. The zero-order valence-corrected chi connectivity index (χ0v) is 21.6. The average Bonchev–Trinajstić information content (AvgIpc) is 3.39. The lowest BCUT2D eigenvalue weighted by Gasteiger charge is -2.13. The molecule has 0 fully saturated rings. The van der Waals surface area contributed by atoms with Crippen molar-refractivity contribution in [3.05, 3.63) is 116 Å². The Kier molecular flexibility index (Phi) is 4.48. The van der Waals surface area contributed by atoms with Crippen LogP contribution >= 0.6 is 0 Å². The van der Waals surface area contributed by atoms with Gasteiger partial charge in [-0.05, 0) is 41.1 Å². The molecular weight excluding hydrogens is 506 g/mol. The molecule has 0 bridgehead atoms. The third-order valence-electron chi connectivity index (χ3n) is 7.78. The van der Waals surface area contributed by atoms with Crippen molar-refractivity contribution in [2.24, 2.45) is 0 Å². The molecule has 0 amide bonds. The van der Waals surface area contributed by atoms with Crippen molar-refractivity contribution in [2.75, 3.05) is 0 Å². The molecule has 0 saturated heterocycles. The summed E-state index contributed by atoms with van der Waals surface area (Å²) in [7, 11) is 0. The van der Waals surface area contributed by atoms with Crippen LogP contribution in [0.2, 0.25) is 0 Å². The van der Waals surface area contributed by atoms with Crippen molar-refractivity contribution in [2.45, 2.75) is 0 Å². The molecule has 0 spiro atoms. The van der Waals surface area contributed by atoms with E-state index in [9.17, 15) is 0 Å². The van der Waals surface area contributed by atoms with Gasteiger partial charge >= 0.3 is 0 Å². The van der Waals surface area contributed by atoms with E-state index in [0.717, 1.165) is 11.1 Å². The second-order valence-corrected chi connectivity index (χ2v) is 10.1. The maximum Gasteiger partial charge on any atom is 0.178 e. The average molecular weight is 526 g/mol. The minimum absolute atomic E-state index is 0.519. The summed E-state index contributed by atoms with van der Waals surface area (Å²) in [5.74, 6) is 1.60. The van der Waals surface area contributed by atoms with E-state index in [1.54, 1.807) is 36.9 Å². The first kappa shape index (κ1) is 22.0. The molecule has 0 aliphatic heterocycles. The van der Waals surface area contributed by atoms with E-state index in [2.05, 4.69) is 97.1 Å². The van der Waals surface area contributed by atoms with Crippen LogP contribution in [0.1, 0.15) is 0 Å². The normalized spacial score (nSPS) is 11.9. The monoisotopic (exact) mass is 525 g/mol. The van der Waals surface area contributed by atoms with E-state index >= 15 is 0 Å². The third kappa shape index (κ3) is 3.20. The first-order valence-corrected chi connectivity index (χ1v) is 13.4. The third-order valence-corrected chi connectivity index (χ3v) is 7.78. The van der Waals surface area contributed by atoms with Crippen molar-refractivity contribution in [3.8, 4) is 34.4 Å². The van der Waals surface area contributed by atoms with Crippen LogP contribution in [0.15, 0.2) is 116 Å². The maximum absolute atomic E-state index is 4.92. The fraction of sp³-hybridized carbons (Fsp3) is 0. The number of para-hydroxylation sites is 1. The molecule has 190 valence electrons. The Hall–Kier alpha value is -5.82. The lowest BCUT2D eigenvalue weighted by molar-refractivity contribution is 1.08. The van der Waals surface area contributed by atoms with Crippen molar-refractivity contribution in [3.63, 3.8) is 0 Å². The van der Waals surface area contributed by atoms with Crippen LogP contribution in [0.4, 0.5) is 0 Å². The maximum atomic E-state index is 4.92. The Balaban J connectivity index is 1.37. The summed E-state index contributed by atoms with van der Waals surface area (Å²) >= 11 is 0. The molecule has 0 N–H and O–H groups in total. The van der Waals surface area contributed by atoms with E-state index in [0.29, 0.717) is 28.9 Å². The molecule has 0 aliphatic rings. The molecule has 4 aromatic carbocycles. The Morgan fingerprint density at radius 3 is 1.78 bits per heavy atom. The number of hydrogen-bond donors (Lipinski definition) is 0. The molecule has 41 heavy (non-hydrogen) atoms. The summed E-state index contributed by atoms with van der Waals surface area (Å²) in [5, 5.41) is 7.41. The summed E-state index contributed by atoms with van der Waals surface area (Å²) in [6.45, 7) is 0. The number of benzene rings is 4. The van der Waals surface area contributed by atoms with Crippen LogP contribution in [0.25, 0.3) is 83.3 Å². The molecule has 7 heteroatoms. The Bertz CT molecular complexity index is 2350. The zero-order valence-electron chi connectivity index (χ0n) is 21.6. The van der Waals surface area contributed by atoms with Crippen molar-refractivity contribution in [1.29, 1.82) is 0 Å². The number of fused-ring (bicyclic) bond motifs is 5. The highest BCUT2D eigenvalue weighted by Gasteiger charge is 2.19. The predicted octanol–water partition coefficient (Wildman–Crippen LogP) is 7.36. The van der Waals surface area contributed by atoms with E-state index < -0.39 is 0 Å². The molecular formula is C34H19N7. The van der Waals surface area contributed by atoms with Gasteiger partial charge in [-0.3, -0.25) is 0 Å². The van der Waals surface area contributed by atoms with Crippen LogP contribution in [-0.4, -0.2) is 34.3 Å². The van der Waals surface area contributed by atoms with Gasteiger partial charge in [0.1, 0.15) is 11.4 Å². The zero-order chi connectivity index (χ0) is 26.9. The number of rotatable bonds is 3. The van der Waals surface area contributed by atoms with Gasteiger partial charge in [0, 0.05) is 51.9 Å². The van der Waals surface area contributed by atoms with E-state index in [1.807, 2.05) is 6.07 Å². The summed E-state index contributed by atoms with van der Waals surface area (Å²) in [5.41, 5.74) is 5.62. The molecule has 0 unspecified atom stereocenters. The lowest BCUT2D eigenvalue weighted by Crippen LogP contribution is -2.00. The largest absolute Gasteiger partial charge is 0.308 e. The highest BCUT2D eigenvalue weighted by atomic mass is 15.0. The lowest BCUT2D eigenvalue weighted by atomic mass is 9.99. The first-order valence-electron chi connectivity index (χ1n) is 13.4. The van der Waals surface area contributed by atoms with Crippen molar-refractivity contribution < 1.29 is 0 Å². The Morgan fingerprint density at radius 2 is 1.07 bits per heavy atom. The quantitative estimate of drug-likeness (QED) is 0.177. The Labute approximate surface area is 233 Å².